The average molecular weight is 296 g/mol. The van der Waals surface area contributed by atoms with Crippen molar-refractivity contribution < 1.29 is 26.7 Å². The van der Waals surface area contributed by atoms with Gasteiger partial charge in [-0.05, 0) is 0 Å². The molecule has 7 heteroatoms. The van der Waals surface area contributed by atoms with Gasteiger partial charge in [-0.15, -0.1) is 0 Å². The molecule has 0 heterocycles. The van der Waals surface area contributed by atoms with Gasteiger partial charge in [0, 0.05) is 22.4 Å². The molecule has 3 N–H and O–H groups in total. The van der Waals surface area contributed by atoms with Gasteiger partial charge in [0.1, 0.15) is 0 Å². The van der Waals surface area contributed by atoms with E-state index < -0.39 is 5.97 Å². The van der Waals surface area contributed by atoms with Gasteiger partial charge < -0.3 is 25.3 Å². The summed E-state index contributed by atoms with van der Waals surface area (Å²) < 4.78 is 14.7. The molecule has 0 aromatic heterocycles. The summed E-state index contributed by atoms with van der Waals surface area (Å²) in [7, 11) is 1.29. The number of esters is 1. The van der Waals surface area contributed by atoms with Gasteiger partial charge in [0.15, 0.2) is 0 Å². The van der Waals surface area contributed by atoms with Crippen LogP contribution in [0.25, 0.3) is 0 Å². The van der Waals surface area contributed by atoms with Crippen LogP contribution in [0.3, 0.4) is 0 Å². The van der Waals surface area contributed by atoms with Crippen LogP contribution < -0.4 is 11.1 Å². The molecule has 0 spiro atoms. The summed E-state index contributed by atoms with van der Waals surface area (Å²) in [5, 5.41) is 2.63. The summed E-state index contributed by atoms with van der Waals surface area (Å²) in [6, 6.07) is 0. The van der Waals surface area contributed by atoms with Gasteiger partial charge in [0.25, 0.3) is 0 Å². The van der Waals surface area contributed by atoms with Crippen molar-refractivity contribution in [3.05, 3.63) is 0 Å². The normalized spacial score (nSPS) is 9.40. The zero-order valence-electron chi connectivity index (χ0n) is 12.8. The summed E-state index contributed by atoms with van der Waals surface area (Å²) in [4.78, 5) is 22.0. The second-order valence-corrected chi connectivity index (χ2v) is 3.44. The molecule has 0 saturated carbocycles. The van der Waals surface area contributed by atoms with Crippen LogP contribution in [0.15, 0.2) is 0 Å². The van der Waals surface area contributed by atoms with Crippen LogP contribution in [0, 0.1) is 0 Å². The monoisotopic (exact) mass is 296 g/mol. The van der Waals surface area contributed by atoms with Crippen LogP contribution in [0.1, 0.15) is 29.5 Å². The summed E-state index contributed by atoms with van der Waals surface area (Å²) in [6.07, 6.45) is 0.225. The summed E-state index contributed by atoms with van der Waals surface area (Å²) in [6.45, 7) is 6.81. The van der Waals surface area contributed by atoms with Crippen molar-refractivity contribution >= 4 is 11.9 Å². The summed E-state index contributed by atoms with van der Waals surface area (Å²) in [5.74, 6) is -0.582. The van der Waals surface area contributed by atoms with Crippen molar-refractivity contribution in [1.29, 1.82) is 0 Å². The number of hydrogen-bond acceptors (Lipinski definition) is 6. The van der Waals surface area contributed by atoms with Crippen LogP contribution in [0.4, 0.5) is 0 Å². The van der Waals surface area contributed by atoms with Crippen LogP contribution in [0.2, 0.25) is 0 Å². The molecule has 124 valence electrons. The van der Waals surface area contributed by atoms with E-state index in [9.17, 15) is 9.59 Å². The number of nitrogens with two attached hydrogens (primary N) is 1. The van der Waals surface area contributed by atoms with Crippen molar-refractivity contribution in [1.82, 2.24) is 5.32 Å². The van der Waals surface area contributed by atoms with E-state index in [2.05, 4.69) is 10.1 Å². The van der Waals surface area contributed by atoms with E-state index in [4.69, 9.17) is 15.2 Å². The molecule has 1 amide bonds. The van der Waals surface area contributed by atoms with Crippen molar-refractivity contribution in [3.8, 4) is 0 Å². The van der Waals surface area contributed by atoms with E-state index in [1.165, 1.54) is 7.11 Å². The van der Waals surface area contributed by atoms with Gasteiger partial charge in [-0.3, -0.25) is 9.59 Å². The Morgan fingerprint density at radius 3 is 2.20 bits per heavy atom. The maximum absolute atomic E-state index is 11.2. The zero-order valence-corrected chi connectivity index (χ0v) is 12.8. The molecule has 0 aliphatic heterocycles. The quantitative estimate of drug-likeness (QED) is 0.427. The first-order valence-corrected chi connectivity index (χ1v) is 6.89. The first kappa shape index (κ1) is 21.1. The highest BCUT2D eigenvalue weighted by Crippen LogP contribution is 1.91. The number of carbonyl (C=O) groups excluding carboxylic acids is 2. The van der Waals surface area contributed by atoms with Crippen molar-refractivity contribution in [2.45, 2.75) is 26.7 Å². The molecule has 0 aromatic rings. The number of hydrogen-bond donors (Lipinski definition) is 2. The smallest absolute Gasteiger partial charge is 0.306 e. The molecule has 0 fully saturated rings. The molecule has 0 saturated heterocycles. The van der Waals surface area contributed by atoms with Crippen LogP contribution in [0.5, 0.6) is 0 Å². The second-order valence-electron chi connectivity index (χ2n) is 3.44. The SMILES string of the molecule is CC.COC(=O)CCC(=O)NCCOCCOCCN.[HH].[HH]. The second kappa shape index (κ2) is 17.8. The number of ether oxygens (including phenoxy) is 3. The van der Waals surface area contributed by atoms with Crippen LogP contribution in [-0.4, -0.2) is 58.5 Å². The van der Waals surface area contributed by atoms with Gasteiger partial charge in [-0.2, -0.15) is 0 Å². The number of amides is 1. The third kappa shape index (κ3) is 16.8. The van der Waals surface area contributed by atoms with E-state index in [0.29, 0.717) is 39.5 Å². The lowest BCUT2D eigenvalue weighted by atomic mass is 10.3. The molecule has 0 aliphatic rings. The first-order chi connectivity index (χ1) is 9.70. The molecule has 0 unspecified atom stereocenters. The van der Waals surface area contributed by atoms with E-state index in [1.807, 2.05) is 13.8 Å². The van der Waals surface area contributed by atoms with Crippen molar-refractivity contribution in [3.63, 3.8) is 0 Å². The van der Waals surface area contributed by atoms with Crippen LogP contribution >= 0.6 is 0 Å². The van der Waals surface area contributed by atoms with E-state index >= 15 is 0 Å². The van der Waals surface area contributed by atoms with E-state index in [1.54, 1.807) is 0 Å². The minimum atomic E-state index is -0.390. The van der Waals surface area contributed by atoms with Gasteiger partial charge >= 0.3 is 5.97 Å². The summed E-state index contributed by atoms with van der Waals surface area (Å²) in [5.41, 5.74) is 5.24. The van der Waals surface area contributed by atoms with Crippen molar-refractivity contribution in [2.75, 3.05) is 46.6 Å². The number of methoxy groups -OCH3 is 1. The molecule has 7 nitrogen and oxygen atoms in total. The maximum atomic E-state index is 11.2. The lowest BCUT2D eigenvalue weighted by Crippen LogP contribution is -2.28. The Bertz CT molecular complexity index is 246. The Morgan fingerprint density at radius 2 is 1.65 bits per heavy atom. The third-order valence-electron chi connectivity index (χ3n) is 1.99. The van der Waals surface area contributed by atoms with Gasteiger partial charge in [0.05, 0.1) is 40.0 Å². The number of rotatable bonds is 11. The predicted molar refractivity (Wildman–Crippen MR) is 80.5 cm³/mol. The number of nitrogens with one attached hydrogen (secondary N) is 1. The Morgan fingerprint density at radius 1 is 1.05 bits per heavy atom. The van der Waals surface area contributed by atoms with E-state index in [-0.39, 0.29) is 21.6 Å². The third-order valence-corrected chi connectivity index (χ3v) is 1.99. The fourth-order valence-electron chi connectivity index (χ4n) is 1.07. The fraction of sp³-hybridized carbons (Fsp3) is 0.846. The fourth-order valence-corrected chi connectivity index (χ4v) is 1.07. The molecule has 0 rings (SSSR count). The predicted octanol–water partition coefficient (Wildman–Crippen LogP) is 0.566. The lowest BCUT2D eigenvalue weighted by Gasteiger charge is -2.06. The highest BCUT2D eigenvalue weighted by molar-refractivity contribution is 5.81. The molecular formula is C13H32N2O5. The molecule has 0 bridgehead atoms. The Labute approximate surface area is 124 Å². The van der Waals surface area contributed by atoms with Gasteiger partial charge in [-0.1, -0.05) is 13.8 Å². The van der Waals surface area contributed by atoms with Gasteiger partial charge in [-0.25, -0.2) is 0 Å². The maximum Gasteiger partial charge on any atom is 0.306 e. The molecule has 0 atom stereocenters. The zero-order chi connectivity index (χ0) is 15.6. The molecular weight excluding hydrogens is 264 g/mol. The van der Waals surface area contributed by atoms with E-state index in [0.717, 1.165) is 0 Å². The first-order valence-electron chi connectivity index (χ1n) is 6.89. The number of carbonyl (C=O) groups is 2. The highest BCUT2D eigenvalue weighted by Gasteiger charge is 2.05. The lowest BCUT2D eigenvalue weighted by molar-refractivity contribution is -0.142. The standard InChI is InChI=1S/C11H22N2O5.C2H6.2H2/c1-16-11(15)3-2-10(14)13-5-7-18-9-8-17-6-4-12;1-2;;/h2-9,12H2,1H3,(H,13,14);1-2H3;2*1H. The minimum absolute atomic E-state index is 0. The molecule has 0 aromatic carbocycles. The van der Waals surface area contributed by atoms with Gasteiger partial charge in [0.2, 0.25) is 5.91 Å². The largest absolute Gasteiger partial charge is 0.469 e. The Hall–Kier alpha value is -1.18. The van der Waals surface area contributed by atoms with Crippen LogP contribution in [-0.2, 0) is 23.8 Å². The molecule has 0 aliphatic carbocycles. The molecule has 20 heavy (non-hydrogen) atoms. The highest BCUT2D eigenvalue weighted by atomic mass is 16.5. The minimum Gasteiger partial charge on any atom is -0.469 e. The summed E-state index contributed by atoms with van der Waals surface area (Å²) >= 11 is 0. The van der Waals surface area contributed by atoms with Crippen molar-refractivity contribution in [2.24, 2.45) is 5.73 Å². The average Bonchev–Trinajstić information content (AvgIpc) is 2.49. The Kier molecular flexibility index (Phi) is 18.8. The Balaban J connectivity index is -0.000000387. The molecule has 0 radical (unpaired) electrons. The topological polar surface area (TPSA) is 99.9 Å².